The summed E-state index contributed by atoms with van der Waals surface area (Å²) in [5, 5.41) is 9.19. The summed E-state index contributed by atoms with van der Waals surface area (Å²) in [6, 6.07) is 2.76. The van der Waals surface area contributed by atoms with Crippen molar-refractivity contribution in [3.63, 3.8) is 0 Å². The SMILES string of the molecule is O=S(=O)(c1cccc(C(F)(F)F)c1)N1CCOCC1CO. The van der Waals surface area contributed by atoms with Gasteiger partial charge in [0.1, 0.15) is 0 Å². The van der Waals surface area contributed by atoms with Gasteiger partial charge in [0.15, 0.2) is 0 Å². The highest BCUT2D eigenvalue weighted by Gasteiger charge is 2.36. The first-order chi connectivity index (χ1) is 9.76. The molecule has 1 unspecified atom stereocenters. The third kappa shape index (κ3) is 3.37. The summed E-state index contributed by atoms with van der Waals surface area (Å²) in [6.07, 6.45) is -4.62. The molecule has 0 spiro atoms. The molecular weight excluding hydrogens is 311 g/mol. The molecule has 21 heavy (non-hydrogen) atoms. The van der Waals surface area contributed by atoms with Crippen molar-refractivity contribution in [2.75, 3.05) is 26.4 Å². The van der Waals surface area contributed by atoms with Crippen molar-refractivity contribution in [1.29, 1.82) is 0 Å². The summed E-state index contributed by atoms with van der Waals surface area (Å²) in [5.74, 6) is 0. The minimum absolute atomic E-state index is 0.00862. The third-order valence-corrected chi connectivity index (χ3v) is 5.10. The molecule has 0 saturated carbocycles. The summed E-state index contributed by atoms with van der Waals surface area (Å²) in [5.41, 5.74) is -1.03. The third-order valence-electron chi connectivity index (χ3n) is 3.15. The van der Waals surface area contributed by atoms with Gasteiger partial charge in [0, 0.05) is 6.54 Å². The van der Waals surface area contributed by atoms with Gasteiger partial charge in [0.25, 0.3) is 0 Å². The Morgan fingerprint density at radius 2 is 2.10 bits per heavy atom. The molecule has 1 saturated heterocycles. The molecule has 1 aromatic rings. The van der Waals surface area contributed by atoms with E-state index in [-0.39, 0.29) is 19.8 Å². The molecule has 0 amide bonds. The van der Waals surface area contributed by atoms with E-state index in [1.54, 1.807) is 0 Å². The number of morpholine rings is 1. The maximum Gasteiger partial charge on any atom is 0.416 e. The number of ether oxygens (including phenoxy) is 1. The number of aliphatic hydroxyl groups is 1. The lowest BCUT2D eigenvalue weighted by molar-refractivity contribution is -0.137. The molecule has 0 radical (unpaired) electrons. The van der Waals surface area contributed by atoms with E-state index in [4.69, 9.17) is 4.74 Å². The fourth-order valence-corrected chi connectivity index (χ4v) is 3.70. The van der Waals surface area contributed by atoms with Crippen LogP contribution in [0, 0.1) is 0 Å². The first-order valence-corrected chi connectivity index (χ1v) is 7.58. The van der Waals surface area contributed by atoms with Gasteiger partial charge in [-0.1, -0.05) is 6.07 Å². The molecule has 1 N–H and O–H groups in total. The highest BCUT2D eigenvalue weighted by molar-refractivity contribution is 7.89. The van der Waals surface area contributed by atoms with E-state index >= 15 is 0 Å². The molecular formula is C12H14F3NO4S. The average molecular weight is 325 g/mol. The maximum absolute atomic E-state index is 12.7. The molecule has 5 nitrogen and oxygen atoms in total. The van der Waals surface area contributed by atoms with Gasteiger partial charge in [0.05, 0.1) is 36.3 Å². The first-order valence-electron chi connectivity index (χ1n) is 6.14. The second-order valence-electron chi connectivity index (χ2n) is 4.55. The number of alkyl halides is 3. The highest BCUT2D eigenvalue weighted by Crippen LogP contribution is 2.31. The smallest absolute Gasteiger partial charge is 0.395 e. The molecule has 118 valence electrons. The first kappa shape index (κ1) is 16.2. The Balaban J connectivity index is 2.39. The average Bonchev–Trinajstić information content (AvgIpc) is 2.46. The van der Waals surface area contributed by atoms with Crippen molar-refractivity contribution in [2.24, 2.45) is 0 Å². The van der Waals surface area contributed by atoms with Crippen LogP contribution in [0.1, 0.15) is 5.56 Å². The Morgan fingerprint density at radius 3 is 2.71 bits per heavy atom. The van der Waals surface area contributed by atoms with Crippen molar-refractivity contribution in [1.82, 2.24) is 4.31 Å². The van der Waals surface area contributed by atoms with Gasteiger partial charge in [-0.25, -0.2) is 8.42 Å². The molecule has 1 fully saturated rings. The highest BCUT2D eigenvalue weighted by atomic mass is 32.2. The number of hydrogen-bond donors (Lipinski definition) is 1. The quantitative estimate of drug-likeness (QED) is 0.903. The van der Waals surface area contributed by atoms with Crippen molar-refractivity contribution >= 4 is 10.0 Å². The molecule has 1 atom stereocenters. The van der Waals surface area contributed by atoms with Crippen molar-refractivity contribution < 1.29 is 31.4 Å². The molecule has 9 heteroatoms. The molecule has 0 aromatic heterocycles. The Kier molecular flexibility index (Phi) is 4.57. The summed E-state index contributed by atoms with van der Waals surface area (Å²) < 4.78 is 68.9. The van der Waals surface area contributed by atoms with Crippen LogP contribution >= 0.6 is 0 Å². The summed E-state index contributed by atoms with van der Waals surface area (Å²) in [7, 11) is -4.11. The van der Waals surface area contributed by atoms with Crippen LogP contribution < -0.4 is 0 Å². The normalized spacial score (nSPS) is 21.4. The fraction of sp³-hybridized carbons (Fsp3) is 0.500. The fourth-order valence-electron chi connectivity index (χ4n) is 2.07. The zero-order valence-electron chi connectivity index (χ0n) is 10.9. The van der Waals surface area contributed by atoms with Crippen LogP contribution in [0.2, 0.25) is 0 Å². The predicted octanol–water partition coefficient (Wildman–Crippen LogP) is 1.09. The number of nitrogens with zero attached hydrogens (tertiary/aromatic N) is 1. The Morgan fingerprint density at radius 1 is 1.38 bits per heavy atom. The molecule has 0 bridgehead atoms. The van der Waals surface area contributed by atoms with E-state index in [2.05, 4.69) is 0 Å². The zero-order chi connectivity index (χ0) is 15.7. The lowest BCUT2D eigenvalue weighted by Crippen LogP contribution is -2.50. The van der Waals surface area contributed by atoms with Crippen LogP contribution in [0.5, 0.6) is 0 Å². The lowest BCUT2D eigenvalue weighted by atomic mass is 10.2. The molecule has 1 aliphatic heterocycles. The van der Waals surface area contributed by atoms with Crippen molar-refractivity contribution in [3.8, 4) is 0 Å². The van der Waals surface area contributed by atoms with Gasteiger partial charge in [-0.05, 0) is 18.2 Å². The number of benzene rings is 1. The van der Waals surface area contributed by atoms with Crippen LogP contribution in [0.15, 0.2) is 29.2 Å². The van der Waals surface area contributed by atoms with E-state index in [0.717, 1.165) is 22.5 Å². The van der Waals surface area contributed by atoms with E-state index in [0.29, 0.717) is 6.07 Å². The van der Waals surface area contributed by atoms with Crippen molar-refractivity contribution in [3.05, 3.63) is 29.8 Å². The van der Waals surface area contributed by atoms with Gasteiger partial charge >= 0.3 is 6.18 Å². The van der Waals surface area contributed by atoms with Gasteiger partial charge in [-0.15, -0.1) is 0 Å². The summed E-state index contributed by atoms with van der Waals surface area (Å²) in [4.78, 5) is -0.447. The molecule has 1 aromatic carbocycles. The van der Waals surface area contributed by atoms with Crippen LogP contribution in [0.25, 0.3) is 0 Å². The Labute approximate surface area is 120 Å². The largest absolute Gasteiger partial charge is 0.416 e. The van der Waals surface area contributed by atoms with Gasteiger partial charge < -0.3 is 9.84 Å². The lowest BCUT2D eigenvalue weighted by Gasteiger charge is -2.33. The molecule has 1 aliphatic rings. The van der Waals surface area contributed by atoms with Crippen LogP contribution in [0.3, 0.4) is 0 Å². The second-order valence-corrected chi connectivity index (χ2v) is 6.44. The van der Waals surface area contributed by atoms with E-state index in [1.165, 1.54) is 0 Å². The van der Waals surface area contributed by atoms with E-state index in [1.807, 2.05) is 0 Å². The molecule has 2 rings (SSSR count). The van der Waals surface area contributed by atoms with Crippen molar-refractivity contribution in [2.45, 2.75) is 17.1 Å². The maximum atomic E-state index is 12.7. The number of sulfonamides is 1. The van der Waals surface area contributed by atoms with Gasteiger partial charge in [0.2, 0.25) is 10.0 Å². The van der Waals surface area contributed by atoms with Crippen LogP contribution in [-0.2, 0) is 20.9 Å². The zero-order valence-corrected chi connectivity index (χ0v) is 11.7. The van der Waals surface area contributed by atoms with Crippen LogP contribution in [-0.4, -0.2) is 50.2 Å². The topological polar surface area (TPSA) is 66.8 Å². The minimum Gasteiger partial charge on any atom is -0.395 e. The number of halogens is 3. The summed E-state index contributed by atoms with van der Waals surface area (Å²) in [6.45, 7) is -0.328. The molecule has 0 aliphatic carbocycles. The minimum atomic E-state index is -4.62. The van der Waals surface area contributed by atoms with Gasteiger partial charge in [-0.2, -0.15) is 17.5 Å². The van der Waals surface area contributed by atoms with Crippen LogP contribution in [0.4, 0.5) is 13.2 Å². The van der Waals surface area contributed by atoms with Gasteiger partial charge in [-0.3, -0.25) is 0 Å². The number of aliphatic hydroxyl groups excluding tert-OH is 1. The van der Waals surface area contributed by atoms with E-state index < -0.39 is 39.3 Å². The van der Waals surface area contributed by atoms with E-state index in [9.17, 15) is 26.7 Å². The predicted molar refractivity (Wildman–Crippen MR) is 67.0 cm³/mol. The second kappa shape index (κ2) is 5.91. The number of rotatable bonds is 3. The summed E-state index contributed by atoms with van der Waals surface area (Å²) >= 11 is 0. The standard InChI is InChI=1S/C12H14F3NO4S/c13-12(14,15)9-2-1-3-11(6-9)21(18,19)16-4-5-20-8-10(16)7-17/h1-3,6,10,17H,4-5,7-8H2. The molecule has 1 heterocycles. The Hall–Kier alpha value is -1.16. The Bertz CT molecular complexity index is 603. The monoisotopic (exact) mass is 325 g/mol. The number of hydrogen-bond acceptors (Lipinski definition) is 4.